The van der Waals surface area contributed by atoms with Gasteiger partial charge in [0.05, 0.1) is 0 Å². The van der Waals surface area contributed by atoms with Crippen LogP contribution in [0, 0.1) is 0 Å². The van der Waals surface area contributed by atoms with Crippen molar-refractivity contribution in [2.24, 2.45) is 5.73 Å². The predicted octanol–water partition coefficient (Wildman–Crippen LogP) is 4.48. The lowest BCUT2D eigenvalue weighted by atomic mass is 10.1. The molecule has 0 radical (unpaired) electrons. The Kier molecular flexibility index (Phi) is 4.83. The van der Waals surface area contributed by atoms with Crippen LogP contribution in [0.15, 0.2) is 51.4 Å². The molecule has 0 bridgehead atoms. The Morgan fingerprint density at radius 2 is 1.80 bits per heavy atom. The van der Waals surface area contributed by atoms with Crippen LogP contribution in [0.25, 0.3) is 0 Å². The molecule has 0 heterocycles. The molecule has 0 fully saturated rings. The topological polar surface area (TPSA) is 55.1 Å². The van der Waals surface area contributed by atoms with Crippen molar-refractivity contribution in [2.75, 3.05) is 5.32 Å². The second kappa shape index (κ2) is 6.41. The highest BCUT2D eigenvalue weighted by molar-refractivity contribution is 9.11. The zero-order chi connectivity index (χ0) is 14.7. The van der Waals surface area contributed by atoms with Gasteiger partial charge in [-0.1, -0.05) is 37.9 Å². The molecule has 2 aromatic rings. The Balaban J connectivity index is 2.14. The number of primary amides is 1. The number of anilines is 1. The number of benzene rings is 2. The molecule has 0 aliphatic heterocycles. The molecule has 2 aromatic carbocycles. The molecule has 0 saturated carbocycles. The SMILES string of the molecule is CC(Nc1ccc(C(N)=O)cc1)c1ccc(Br)cc1Br. The summed E-state index contributed by atoms with van der Waals surface area (Å²) in [5.41, 5.74) is 7.83. The van der Waals surface area contributed by atoms with Gasteiger partial charge in [-0.3, -0.25) is 4.79 Å². The van der Waals surface area contributed by atoms with E-state index in [0.717, 1.165) is 20.2 Å². The van der Waals surface area contributed by atoms with E-state index in [1.807, 2.05) is 24.3 Å². The van der Waals surface area contributed by atoms with Crippen molar-refractivity contribution in [3.63, 3.8) is 0 Å². The van der Waals surface area contributed by atoms with Crippen molar-refractivity contribution < 1.29 is 4.79 Å². The number of rotatable bonds is 4. The number of halogens is 2. The first-order valence-electron chi connectivity index (χ1n) is 6.08. The molecule has 3 nitrogen and oxygen atoms in total. The highest BCUT2D eigenvalue weighted by Crippen LogP contribution is 2.29. The first kappa shape index (κ1) is 15.1. The summed E-state index contributed by atoms with van der Waals surface area (Å²) in [6, 6.07) is 13.4. The van der Waals surface area contributed by atoms with Crippen molar-refractivity contribution in [2.45, 2.75) is 13.0 Å². The summed E-state index contributed by atoms with van der Waals surface area (Å²) in [5, 5.41) is 3.39. The molecular formula is C15H14Br2N2O. The van der Waals surface area contributed by atoms with Crippen LogP contribution in [-0.4, -0.2) is 5.91 Å². The molecule has 1 amide bonds. The normalized spacial score (nSPS) is 11.9. The van der Waals surface area contributed by atoms with E-state index in [4.69, 9.17) is 5.73 Å². The standard InChI is InChI=1S/C15H14Br2N2O/c1-9(13-7-4-11(16)8-14(13)17)19-12-5-2-10(3-6-12)15(18)20/h2-9,19H,1H3,(H2,18,20). The van der Waals surface area contributed by atoms with Crippen LogP contribution in [-0.2, 0) is 0 Å². The molecule has 104 valence electrons. The zero-order valence-corrected chi connectivity index (χ0v) is 14.0. The summed E-state index contributed by atoms with van der Waals surface area (Å²) >= 11 is 7.00. The van der Waals surface area contributed by atoms with E-state index in [9.17, 15) is 4.79 Å². The van der Waals surface area contributed by atoms with Gasteiger partial charge in [0.1, 0.15) is 0 Å². The molecule has 5 heteroatoms. The summed E-state index contributed by atoms with van der Waals surface area (Å²) in [4.78, 5) is 11.0. The molecule has 0 saturated heterocycles. The summed E-state index contributed by atoms with van der Waals surface area (Å²) in [6.45, 7) is 2.08. The van der Waals surface area contributed by atoms with Crippen molar-refractivity contribution in [1.82, 2.24) is 0 Å². The first-order valence-corrected chi connectivity index (χ1v) is 7.67. The highest BCUT2D eigenvalue weighted by atomic mass is 79.9. The van der Waals surface area contributed by atoms with E-state index < -0.39 is 5.91 Å². The Morgan fingerprint density at radius 3 is 2.35 bits per heavy atom. The fourth-order valence-electron chi connectivity index (χ4n) is 1.91. The Hall–Kier alpha value is -1.33. The van der Waals surface area contributed by atoms with Gasteiger partial charge in [-0.25, -0.2) is 0 Å². The van der Waals surface area contributed by atoms with E-state index in [0.29, 0.717) is 5.56 Å². The quantitative estimate of drug-likeness (QED) is 0.798. The number of nitrogens with one attached hydrogen (secondary N) is 1. The minimum Gasteiger partial charge on any atom is -0.378 e. The van der Waals surface area contributed by atoms with Crippen LogP contribution >= 0.6 is 31.9 Å². The number of amides is 1. The maximum absolute atomic E-state index is 11.0. The highest BCUT2D eigenvalue weighted by Gasteiger charge is 2.10. The first-order chi connectivity index (χ1) is 9.47. The molecule has 0 aromatic heterocycles. The third-order valence-electron chi connectivity index (χ3n) is 2.98. The van der Waals surface area contributed by atoms with Crippen molar-refractivity contribution in [3.05, 3.63) is 62.5 Å². The van der Waals surface area contributed by atoms with Gasteiger partial charge in [0, 0.05) is 26.2 Å². The number of hydrogen-bond acceptors (Lipinski definition) is 2. The fourth-order valence-corrected chi connectivity index (χ4v) is 3.30. The minimum absolute atomic E-state index is 0.136. The number of nitrogens with two attached hydrogens (primary N) is 1. The molecule has 1 atom stereocenters. The molecule has 3 N–H and O–H groups in total. The van der Waals surface area contributed by atoms with Crippen LogP contribution in [0.2, 0.25) is 0 Å². The lowest BCUT2D eigenvalue weighted by Crippen LogP contribution is -2.11. The van der Waals surface area contributed by atoms with Gasteiger partial charge in [-0.15, -0.1) is 0 Å². The maximum atomic E-state index is 11.0. The molecule has 0 spiro atoms. The van der Waals surface area contributed by atoms with Crippen LogP contribution in [0.3, 0.4) is 0 Å². The molecule has 0 aliphatic carbocycles. The van der Waals surface area contributed by atoms with E-state index in [2.05, 4.69) is 50.2 Å². The van der Waals surface area contributed by atoms with Gasteiger partial charge in [0.15, 0.2) is 0 Å². The number of hydrogen-bond donors (Lipinski definition) is 2. The van der Waals surface area contributed by atoms with Gasteiger partial charge >= 0.3 is 0 Å². The van der Waals surface area contributed by atoms with Gasteiger partial charge in [-0.05, 0) is 48.9 Å². The number of carbonyl (C=O) groups excluding carboxylic acids is 1. The average Bonchev–Trinajstić information content (AvgIpc) is 2.39. The minimum atomic E-state index is -0.416. The predicted molar refractivity (Wildman–Crippen MR) is 88.8 cm³/mol. The lowest BCUT2D eigenvalue weighted by Gasteiger charge is -2.17. The molecular weight excluding hydrogens is 384 g/mol. The van der Waals surface area contributed by atoms with Gasteiger partial charge in [0.25, 0.3) is 0 Å². The Morgan fingerprint density at radius 1 is 1.15 bits per heavy atom. The third-order valence-corrected chi connectivity index (χ3v) is 4.16. The largest absolute Gasteiger partial charge is 0.378 e. The van der Waals surface area contributed by atoms with Crippen LogP contribution in [0.4, 0.5) is 5.69 Å². The summed E-state index contributed by atoms with van der Waals surface area (Å²) < 4.78 is 2.08. The molecule has 20 heavy (non-hydrogen) atoms. The average molecular weight is 398 g/mol. The van der Waals surface area contributed by atoms with E-state index in [1.54, 1.807) is 12.1 Å². The lowest BCUT2D eigenvalue weighted by molar-refractivity contribution is 0.100. The van der Waals surface area contributed by atoms with E-state index in [-0.39, 0.29) is 6.04 Å². The van der Waals surface area contributed by atoms with E-state index in [1.165, 1.54) is 0 Å². The molecule has 0 aliphatic rings. The van der Waals surface area contributed by atoms with E-state index >= 15 is 0 Å². The number of carbonyl (C=O) groups is 1. The summed E-state index contributed by atoms with van der Waals surface area (Å²) in [5.74, 6) is -0.416. The molecule has 1 unspecified atom stereocenters. The van der Waals surface area contributed by atoms with Crippen LogP contribution in [0.5, 0.6) is 0 Å². The maximum Gasteiger partial charge on any atom is 0.248 e. The van der Waals surface area contributed by atoms with Crippen molar-refractivity contribution >= 4 is 43.5 Å². The van der Waals surface area contributed by atoms with Gasteiger partial charge in [-0.2, -0.15) is 0 Å². The smallest absolute Gasteiger partial charge is 0.248 e. The van der Waals surface area contributed by atoms with Crippen molar-refractivity contribution in [1.29, 1.82) is 0 Å². The summed E-state index contributed by atoms with van der Waals surface area (Å²) in [7, 11) is 0. The molecule has 2 rings (SSSR count). The van der Waals surface area contributed by atoms with Gasteiger partial charge < -0.3 is 11.1 Å². The van der Waals surface area contributed by atoms with Crippen LogP contribution < -0.4 is 11.1 Å². The third kappa shape index (κ3) is 3.61. The second-order valence-corrected chi connectivity index (χ2v) is 6.24. The summed E-state index contributed by atoms with van der Waals surface area (Å²) in [6.07, 6.45) is 0. The van der Waals surface area contributed by atoms with Crippen LogP contribution in [0.1, 0.15) is 28.9 Å². The monoisotopic (exact) mass is 396 g/mol. The second-order valence-electron chi connectivity index (χ2n) is 4.47. The zero-order valence-electron chi connectivity index (χ0n) is 10.9. The van der Waals surface area contributed by atoms with Crippen molar-refractivity contribution in [3.8, 4) is 0 Å². The van der Waals surface area contributed by atoms with Gasteiger partial charge in [0.2, 0.25) is 5.91 Å². The fraction of sp³-hybridized carbons (Fsp3) is 0.133. The Labute approximate surface area is 134 Å². The Bertz CT molecular complexity index is 626.